The predicted molar refractivity (Wildman–Crippen MR) is 83.9 cm³/mol. The molecule has 0 radical (unpaired) electrons. The van der Waals surface area contributed by atoms with Crippen molar-refractivity contribution >= 4 is 5.97 Å². The zero-order valence-electron chi connectivity index (χ0n) is 12.3. The van der Waals surface area contributed by atoms with Crippen molar-refractivity contribution in [2.24, 2.45) is 0 Å². The van der Waals surface area contributed by atoms with Gasteiger partial charge < -0.3 is 9.84 Å². The first kappa shape index (κ1) is 14.8. The van der Waals surface area contributed by atoms with E-state index in [-0.39, 0.29) is 6.42 Å². The molecule has 3 rings (SSSR count). The Labute approximate surface area is 132 Å². The Morgan fingerprint density at radius 1 is 1.13 bits per heavy atom. The number of pyridine rings is 1. The smallest absolute Gasteiger partial charge is 0.307 e. The van der Waals surface area contributed by atoms with E-state index in [1.165, 1.54) is 0 Å². The average Bonchev–Trinajstić information content (AvgIpc) is 3.08. The molecule has 3 aromatic rings. The van der Waals surface area contributed by atoms with Crippen LogP contribution in [-0.2, 0) is 17.8 Å². The number of H-pyrrole nitrogens is 1. The molecule has 2 N–H and O–H groups in total. The first-order chi connectivity index (χ1) is 11.2. The van der Waals surface area contributed by atoms with Crippen molar-refractivity contribution < 1.29 is 14.6 Å². The van der Waals surface area contributed by atoms with Crippen molar-refractivity contribution in [2.75, 3.05) is 0 Å². The van der Waals surface area contributed by atoms with Gasteiger partial charge in [-0.1, -0.05) is 24.3 Å². The lowest BCUT2D eigenvalue weighted by molar-refractivity contribution is -0.136. The first-order valence-corrected chi connectivity index (χ1v) is 7.09. The molecule has 1 aromatic carbocycles. The number of benzene rings is 1. The zero-order valence-corrected chi connectivity index (χ0v) is 12.3. The van der Waals surface area contributed by atoms with Crippen LogP contribution in [0.25, 0.3) is 11.4 Å². The summed E-state index contributed by atoms with van der Waals surface area (Å²) in [4.78, 5) is 15.2. The van der Waals surface area contributed by atoms with E-state index in [9.17, 15) is 4.79 Å². The second-order valence-corrected chi connectivity index (χ2v) is 4.98. The highest BCUT2D eigenvalue weighted by atomic mass is 16.5. The Bertz CT molecular complexity index is 783. The van der Waals surface area contributed by atoms with Gasteiger partial charge in [0.1, 0.15) is 12.4 Å². The number of ether oxygens (including phenoxy) is 1. The Balaban J connectivity index is 1.68. The average molecular weight is 309 g/mol. The van der Waals surface area contributed by atoms with Gasteiger partial charge in [0, 0.05) is 6.20 Å². The van der Waals surface area contributed by atoms with Crippen LogP contribution in [0.3, 0.4) is 0 Å². The maximum absolute atomic E-state index is 10.9. The van der Waals surface area contributed by atoms with Crippen molar-refractivity contribution in [3.8, 4) is 17.1 Å². The molecule has 0 aliphatic heterocycles. The number of aromatic amines is 1. The lowest BCUT2D eigenvalue weighted by Gasteiger charge is -2.10. The molecule has 116 valence electrons. The highest BCUT2D eigenvalue weighted by Crippen LogP contribution is 2.19. The molecule has 0 unspecified atom stereocenters. The molecule has 0 aliphatic carbocycles. The fraction of sp³-hybridized carbons (Fsp3) is 0.118. The van der Waals surface area contributed by atoms with Crippen molar-refractivity contribution in [3.05, 3.63) is 66.0 Å². The van der Waals surface area contributed by atoms with Crippen LogP contribution in [-0.4, -0.2) is 26.3 Å². The van der Waals surface area contributed by atoms with Gasteiger partial charge in [0.2, 0.25) is 0 Å². The van der Waals surface area contributed by atoms with Gasteiger partial charge in [0.05, 0.1) is 24.0 Å². The second-order valence-electron chi connectivity index (χ2n) is 4.98. The minimum Gasteiger partial charge on any atom is -0.487 e. The summed E-state index contributed by atoms with van der Waals surface area (Å²) in [6.07, 6.45) is 3.29. The summed E-state index contributed by atoms with van der Waals surface area (Å²) >= 11 is 0. The number of nitrogens with one attached hydrogen (secondary N) is 1. The molecule has 6 heteroatoms. The van der Waals surface area contributed by atoms with Crippen LogP contribution in [0, 0.1) is 0 Å². The van der Waals surface area contributed by atoms with E-state index < -0.39 is 5.97 Å². The maximum Gasteiger partial charge on any atom is 0.307 e. The Morgan fingerprint density at radius 2 is 1.96 bits per heavy atom. The van der Waals surface area contributed by atoms with E-state index in [0.29, 0.717) is 12.4 Å². The molecule has 2 heterocycles. The maximum atomic E-state index is 10.9. The monoisotopic (exact) mass is 309 g/mol. The largest absolute Gasteiger partial charge is 0.487 e. The van der Waals surface area contributed by atoms with Gasteiger partial charge in [0.15, 0.2) is 0 Å². The minimum atomic E-state index is -0.858. The molecule has 23 heavy (non-hydrogen) atoms. The predicted octanol–water partition coefficient (Wildman–Crippen LogP) is 2.68. The summed E-state index contributed by atoms with van der Waals surface area (Å²) in [7, 11) is 0. The fourth-order valence-electron chi connectivity index (χ4n) is 2.22. The third kappa shape index (κ3) is 3.74. The SMILES string of the molecule is O=C(O)Cc1ccccc1COc1ccc(-c2ccn[nH]2)nc1. The molecule has 0 atom stereocenters. The number of rotatable bonds is 6. The second kappa shape index (κ2) is 6.74. The fourth-order valence-corrected chi connectivity index (χ4v) is 2.22. The number of aliphatic carboxylic acids is 1. The molecular weight excluding hydrogens is 294 g/mol. The molecule has 0 amide bonds. The molecule has 0 spiro atoms. The van der Waals surface area contributed by atoms with Crippen LogP contribution in [0.4, 0.5) is 0 Å². The first-order valence-electron chi connectivity index (χ1n) is 7.09. The Kier molecular flexibility index (Phi) is 4.33. The summed E-state index contributed by atoms with van der Waals surface area (Å²) in [5, 5.41) is 15.7. The van der Waals surface area contributed by atoms with Gasteiger partial charge >= 0.3 is 5.97 Å². The van der Waals surface area contributed by atoms with Crippen LogP contribution in [0.2, 0.25) is 0 Å². The van der Waals surface area contributed by atoms with E-state index in [1.54, 1.807) is 18.5 Å². The van der Waals surface area contributed by atoms with E-state index in [0.717, 1.165) is 22.5 Å². The summed E-state index contributed by atoms with van der Waals surface area (Å²) in [6, 6.07) is 12.9. The lowest BCUT2D eigenvalue weighted by Crippen LogP contribution is -2.06. The normalized spacial score (nSPS) is 10.4. The summed E-state index contributed by atoms with van der Waals surface area (Å²) < 4.78 is 5.71. The quantitative estimate of drug-likeness (QED) is 0.731. The van der Waals surface area contributed by atoms with E-state index in [1.807, 2.05) is 36.4 Å². The lowest BCUT2D eigenvalue weighted by atomic mass is 10.1. The molecule has 0 bridgehead atoms. The minimum absolute atomic E-state index is 0.0173. The topological polar surface area (TPSA) is 88.1 Å². The third-order valence-electron chi connectivity index (χ3n) is 3.37. The standard InChI is InChI=1S/C17H15N3O3/c21-17(22)9-12-3-1-2-4-13(12)11-23-14-5-6-15(18-10-14)16-7-8-19-20-16/h1-8,10H,9,11H2,(H,19,20)(H,21,22). The van der Waals surface area contributed by atoms with Crippen LogP contribution in [0.15, 0.2) is 54.9 Å². The summed E-state index contributed by atoms with van der Waals surface area (Å²) in [6.45, 7) is 0.300. The van der Waals surface area contributed by atoms with E-state index in [4.69, 9.17) is 9.84 Å². The summed E-state index contributed by atoms with van der Waals surface area (Å²) in [5.41, 5.74) is 3.22. The number of hydrogen-bond acceptors (Lipinski definition) is 4. The van der Waals surface area contributed by atoms with Crippen LogP contribution < -0.4 is 4.74 Å². The van der Waals surface area contributed by atoms with E-state index in [2.05, 4.69) is 15.2 Å². The van der Waals surface area contributed by atoms with Gasteiger partial charge in [-0.25, -0.2) is 0 Å². The van der Waals surface area contributed by atoms with Gasteiger partial charge in [-0.05, 0) is 29.3 Å². The zero-order chi connectivity index (χ0) is 16.1. The Morgan fingerprint density at radius 3 is 2.61 bits per heavy atom. The molecule has 0 saturated heterocycles. The van der Waals surface area contributed by atoms with Gasteiger partial charge in [-0.3, -0.25) is 14.9 Å². The van der Waals surface area contributed by atoms with E-state index >= 15 is 0 Å². The number of nitrogens with zero attached hydrogens (tertiary/aromatic N) is 2. The molecule has 0 aliphatic rings. The molecule has 0 saturated carbocycles. The van der Waals surface area contributed by atoms with Crippen LogP contribution in [0.1, 0.15) is 11.1 Å². The molecule has 6 nitrogen and oxygen atoms in total. The highest BCUT2D eigenvalue weighted by molar-refractivity contribution is 5.70. The number of carboxylic acids is 1. The van der Waals surface area contributed by atoms with Crippen molar-refractivity contribution in [3.63, 3.8) is 0 Å². The van der Waals surface area contributed by atoms with Crippen molar-refractivity contribution in [2.45, 2.75) is 13.0 Å². The molecule has 0 fully saturated rings. The number of hydrogen-bond donors (Lipinski definition) is 2. The molecular formula is C17H15N3O3. The summed E-state index contributed by atoms with van der Waals surface area (Å²) in [5.74, 6) is -0.235. The van der Waals surface area contributed by atoms with Crippen LogP contribution >= 0.6 is 0 Å². The molecule has 2 aromatic heterocycles. The number of carboxylic acid groups (broad SMARTS) is 1. The van der Waals surface area contributed by atoms with Crippen LogP contribution in [0.5, 0.6) is 5.75 Å². The highest BCUT2D eigenvalue weighted by Gasteiger charge is 2.07. The Hall–Kier alpha value is -3.15. The third-order valence-corrected chi connectivity index (χ3v) is 3.37. The number of aromatic nitrogens is 3. The van der Waals surface area contributed by atoms with Crippen molar-refractivity contribution in [1.29, 1.82) is 0 Å². The van der Waals surface area contributed by atoms with Crippen molar-refractivity contribution in [1.82, 2.24) is 15.2 Å². The van der Waals surface area contributed by atoms with Gasteiger partial charge in [-0.2, -0.15) is 5.10 Å². The van der Waals surface area contributed by atoms with Gasteiger partial charge in [0.25, 0.3) is 0 Å². The van der Waals surface area contributed by atoms with Gasteiger partial charge in [-0.15, -0.1) is 0 Å². The number of carbonyl (C=O) groups is 1.